The number of aromatic nitrogens is 1. The number of benzene rings is 1. The Morgan fingerprint density at radius 1 is 1.27 bits per heavy atom. The quantitative estimate of drug-likeness (QED) is 0.845. The Balaban J connectivity index is 1.90. The van der Waals surface area contributed by atoms with Crippen molar-refractivity contribution in [3.8, 4) is 5.75 Å². The van der Waals surface area contributed by atoms with Crippen LogP contribution in [0.15, 0.2) is 47.6 Å². The highest BCUT2D eigenvalue weighted by Gasteiger charge is 2.27. The third kappa shape index (κ3) is 3.85. The summed E-state index contributed by atoms with van der Waals surface area (Å²) in [7, 11) is -2.23. The largest absolute Gasteiger partial charge is 0.495 e. The van der Waals surface area contributed by atoms with Crippen LogP contribution < -0.4 is 10.1 Å². The van der Waals surface area contributed by atoms with Gasteiger partial charge in [-0.1, -0.05) is 0 Å². The third-order valence-corrected chi connectivity index (χ3v) is 5.85. The summed E-state index contributed by atoms with van der Waals surface area (Å²) >= 11 is 0. The van der Waals surface area contributed by atoms with Crippen LogP contribution in [0, 0.1) is 0 Å². The summed E-state index contributed by atoms with van der Waals surface area (Å²) in [6.07, 6.45) is 2.99. The third-order valence-electron chi connectivity index (χ3n) is 3.95. The van der Waals surface area contributed by atoms with Crippen molar-refractivity contribution in [2.75, 3.05) is 38.7 Å². The Kier molecular flexibility index (Phi) is 5.50. The van der Waals surface area contributed by atoms with E-state index in [1.165, 1.54) is 35.8 Å². The van der Waals surface area contributed by atoms with E-state index in [0.29, 0.717) is 37.6 Å². The van der Waals surface area contributed by atoms with Crippen molar-refractivity contribution in [2.45, 2.75) is 4.90 Å². The fourth-order valence-corrected chi connectivity index (χ4v) is 4.01. The molecular weight excluding hydrogens is 358 g/mol. The molecule has 8 nitrogen and oxygen atoms in total. The van der Waals surface area contributed by atoms with Gasteiger partial charge in [0.15, 0.2) is 0 Å². The lowest BCUT2D eigenvalue weighted by Gasteiger charge is -2.26. The van der Waals surface area contributed by atoms with Gasteiger partial charge < -0.3 is 14.8 Å². The molecule has 1 aromatic carbocycles. The summed E-state index contributed by atoms with van der Waals surface area (Å²) in [6, 6.07) is 7.64. The predicted octanol–water partition coefficient (Wildman–Crippen LogP) is 1.36. The topological polar surface area (TPSA) is 97.8 Å². The first kappa shape index (κ1) is 18.3. The number of anilines is 1. The number of morpholine rings is 1. The summed E-state index contributed by atoms with van der Waals surface area (Å²) in [5, 5.41) is 2.68. The molecule has 0 radical (unpaired) electrons. The minimum atomic E-state index is -3.68. The summed E-state index contributed by atoms with van der Waals surface area (Å²) in [5.74, 6) is -0.0412. The first-order valence-corrected chi connectivity index (χ1v) is 9.43. The van der Waals surface area contributed by atoms with Gasteiger partial charge in [-0.25, -0.2) is 8.42 Å². The summed E-state index contributed by atoms with van der Waals surface area (Å²) in [5.41, 5.74) is 0.631. The number of carbonyl (C=O) groups excluding carboxylic acids is 1. The Hall–Kier alpha value is -2.49. The lowest BCUT2D eigenvalue weighted by atomic mass is 10.2. The summed E-state index contributed by atoms with van der Waals surface area (Å²) in [6.45, 7) is 1.32. The molecular formula is C17H19N3O5S. The van der Waals surface area contributed by atoms with Crippen LogP contribution in [-0.2, 0) is 14.8 Å². The number of rotatable bonds is 5. The van der Waals surface area contributed by atoms with Crippen LogP contribution in [0.3, 0.4) is 0 Å². The summed E-state index contributed by atoms with van der Waals surface area (Å²) in [4.78, 5) is 16.3. The van der Waals surface area contributed by atoms with Crippen LogP contribution in [0.1, 0.15) is 10.4 Å². The molecule has 3 rings (SSSR count). The van der Waals surface area contributed by atoms with Crippen molar-refractivity contribution in [2.24, 2.45) is 0 Å². The zero-order valence-electron chi connectivity index (χ0n) is 14.2. The lowest BCUT2D eigenvalue weighted by molar-refractivity contribution is 0.0730. The standard InChI is InChI=1S/C17H19N3O5S/c1-24-16-5-4-14(26(22,23)20-7-9-25-10-8-20)11-15(16)19-17(21)13-3-2-6-18-12-13/h2-6,11-12H,7-10H2,1H3,(H,19,21). The van der Waals surface area contributed by atoms with Crippen LogP contribution >= 0.6 is 0 Å². The van der Waals surface area contributed by atoms with Crippen molar-refractivity contribution >= 4 is 21.6 Å². The van der Waals surface area contributed by atoms with Crippen molar-refractivity contribution in [1.82, 2.24) is 9.29 Å². The van der Waals surface area contributed by atoms with Gasteiger partial charge in [0.05, 0.1) is 36.5 Å². The van der Waals surface area contributed by atoms with E-state index in [4.69, 9.17) is 9.47 Å². The number of nitrogens with one attached hydrogen (secondary N) is 1. The predicted molar refractivity (Wildman–Crippen MR) is 94.8 cm³/mol. The van der Waals surface area contributed by atoms with Crippen LogP contribution in [0.4, 0.5) is 5.69 Å². The average molecular weight is 377 g/mol. The monoisotopic (exact) mass is 377 g/mol. The van der Waals surface area contributed by atoms with Crippen LogP contribution in [0.5, 0.6) is 5.75 Å². The van der Waals surface area contributed by atoms with E-state index in [0.717, 1.165) is 0 Å². The number of nitrogens with zero attached hydrogens (tertiary/aromatic N) is 2. The van der Waals surface area contributed by atoms with Crippen molar-refractivity contribution in [3.05, 3.63) is 48.3 Å². The first-order chi connectivity index (χ1) is 12.5. The molecule has 0 saturated carbocycles. The Bertz CT molecular complexity index is 881. The highest BCUT2D eigenvalue weighted by molar-refractivity contribution is 7.89. The van der Waals surface area contributed by atoms with Crippen LogP contribution in [-0.4, -0.2) is 57.0 Å². The van der Waals surface area contributed by atoms with E-state index in [9.17, 15) is 13.2 Å². The number of methoxy groups -OCH3 is 1. The molecule has 0 aliphatic carbocycles. The van der Waals surface area contributed by atoms with Crippen LogP contribution in [0.2, 0.25) is 0 Å². The van der Waals surface area contributed by atoms with Gasteiger partial charge in [0, 0.05) is 25.5 Å². The van der Waals surface area contributed by atoms with Crippen molar-refractivity contribution < 1.29 is 22.7 Å². The Labute approximate surface area is 151 Å². The molecule has 138 valence electrons. The van der Waals surface area contributed by atoms with Crippen LogP contribution in [0.25, 0.3) is 0 Å². The number of carbonyl (C=O) groups is 1. The molecule has 1 aliphatic rings. The van der Waals surface area contributed by atoms with Crippen molar-refractivity contribution in [1.29, 1.82) is 0 Å². The van der Waals surface area contributed by atoms with Crippen molar-refractivity contribution in [3.63, 3.8) is 0 Å². The first-order valence-electron chi connectivity index (χ1n) is 7.99. The number of pyridine rings is 1. The normalized spacial score (nSPS) is 15.4. The number of amides is 1. The fraction of sp³-hybridized carbons (Fsp3) is 0.294. The van der Waals surface area contributed by atoms with Gasteiger partial charge in [0.1, 0.15) is 5.75 Å². The molecule has 0 unspecified atom stereocenters. The van der Waals surface area contributed by atoms with Gasteiger partial charge >= 0.3 is 0 Å². The molecule has 0 atom stereocenters. The molecule has 26 heavy (non-hydrogen) atoms. The molecule has 1 saturated heterocycles. The summed E-state index contributed by atoms with van der Waals surface area (Å²) < 4.78 is 37.4. The maximum atomic E-state index is 12.8. The van der Waals surface area contributed by atoms with E-state index in [1.807, 2.05) is 0 Å². The number of hydrogen-bond acceptors (Lipinski definition) is 6. The molecule has 9 heteroatoms. The van der Waals surface area contributed by atoms with E-state index in [-0.39, 0.29) is 10.6 Å². The molecule has 1 aromatic heterocycles. The second-order valence-corrected chi connectivity index (χ2v) is 7.51. The van der Waals surface area contributed by atoms with E-state index in [1.54, 1.807) is 18.3 Å². The fourth-order valence-electron chi connectivity index (χ4n) is 2.57. The number of hydrogen-bond donors (Lipinski definition) is 1. The van der Waals surface area contributed by atoms with Gasteiger partial charge in [0.2, 0.25) is 10.0 Å². The number of sulfonamides is 1. The van der Waals surface area contributed by atoms with E-state index < -0.39 is 15.9 Å². The van der Waals surface area contributed by atoms with Gasteiger partial charge in [-0.3, -0.25) is 9.78 Å². The smallest absolute Gasteiger partial charge is 0.257 e. The van der Waals surface area contributed by atoms with Gasteiger partial charge in [-0.05, 0) is 30.3 Å². The molecule has 1 aliphatic heterocycles. The Morgan fingerprint density at radius 2 is 2.04 bits per heavy atom. The molecule has 0 bridgehead atoms. The Morgan fingerprint density at radius 3 is 2.69 bits per heavy atom. The molecule has 1 amide bonds. The average Bonchev–Trinajstić information content (AvgIpc) is 2.69. The molecule has 2 aromatic rings. The minimum absolute atomic E-state index is 0.0849. The molecule has 1 fully saturated rings. The maximum absolute atomic E-state index is 12.8. The maximum Gasteiger partial charge on any atom is 0.257 e. The zero-order chi connectivity index (χ0) is 18.6. The second-order valence-electron chi connectivity index (χ2n) is 5.57. The lowest BCUT2D eigenvalue weighted by Crippen LogP contribution is -2.40. The molecule has 0 spiro atoms. The number of ether oxygens (including phenoxy) is 2. The molecule has 2 heterocycles. The highest BCUT2D eigenvalue weighted by atomic mass is 32.2. The zero-order valence-corrected chi connectivity index (χ0v) is 15.0. The molecule has 1 N–H and O–H groups in total. The van der Waals surface area contributed by atoms with E-state index in [2.05, 4.69) is 10.3 Å². The van der Waals surface area contributed by atoms with Gasteiger partial charge in [-0.15, -0.1) is 0 Å². The second kappa shape index (κ2) is 7.81. The van der Waals surface area contributed by atoms with Gasteiger partial charge in [-0.2, -0.15) is 4.31 Å². The van der Waals surface area contributed by atoms with E-state index >= 15 is 0 Å². The van der Waals surface area contributed by atoms with Gasteiger partial charge in [0.25, 0.3) is 5.91 Å². The minimum Gasteiger partial charge on any atom is -0.495 e. The SMILES string of the molecule is COc1ccc(S(=O)(=O)N2CCOCC2)cc1NC(=O)c1cccnc1. The highest BCUT2D eigenvalue weighted by Crippen LogP contribution is 2.29.